The van der Waals surface area contributed by atoms with Crippen LogP contribution in [0.15, 0.2) is 46.0 Å². The van der Waals surface area contributed by atoms with E-state index in [1.807, 2.05) is 0 Å². The van der Waals surface area contributed by atoms with Gasteiger partial charge in [-0.05, 0) is 18.2 Å². The second kappa shape index (κ2) is 2.99. The van der Waals surface area contributed by atoms with E-state index in [9.17, 15) is 14.8 Å². The molecule has 70 valence electrons. The zero-order valence-electron chi connectivity index (χ0n) is 7.18. The Hall–Kier alpha value is -2.10. The van der Waals surface area contributed by atoms with E-state index in [2.05, 4.69) is 0 Å². The van der Waals surface area contributed by atoms with Gasteiger partial charge in [0.05, 0.1) is 5.52 Å². The molecule has 0 spiro atoms. The lowest BCUT2D eigenvalue weighted by Gasteiger charge is -1.95. The van der Waals surface area contributed by atoms with Gasteiger partial charge in [0.15, 0.2) is 5.43 Å². The highest BCUT2D eigenvalue weighted by Gasteiger charge is 2.00. The standard InChI is InChI=1S/C10H7NO3/c12-9-5-6-10(13)11(14)8-4-2-1-3-7(8)9/h1-6,14H. The Kier molecular flexibility index (Phi) is 1.81. The van der Waals surface area contributed by atoms with Crippen LogP contribution in [0.3, 0.4) is 0 Å². The van der Waals surface area contributed by atoms with Gasteiger partial charge in [0.1, 0.15) is 0 Å². The molecule has 0 unspecified atom stereocenters. The molecule has 0 radical (unpaired) electrons. The molecule has 0 saturated carbocycles. The maximum Gasteiger partial charge on any atom is 0.283 e. The second-order valence-electron chi connectivity index (χ2n) is 2.86. The third-order valence-corrected chi connectivity index (χ3v) is 1.98. The summed E-state index contributed by atoms with van der Waals surface area (Å²) < 4.78 is 0.469. The number of hydrogen-bond donors (Lipinski definition) is 1. The lowest BCUT2D eigenvalue weighted by molar-refractivity contribution is 0.189. The van der Waals surface area contributed by atoms with Crippen molar-refractivity contribution in [1.82, 2.24) is 4.73 Å². The quantitative estimate of drug-likeness (QED) is 0.617. The van der Waals surface area contributed by atoms with Gasteiger partial charge in [0.2, 0.25) is 0 Å². The molecule has 4 heteroatoms. The maximum atomic E-state index is 11.4. The third kappa shape index (κ3) is 1.17. The van der Waals surface area contributed by atoms with Crippen LogP contribution in [0.2, 0.25) is 0 Å². The number of aromatic nitrogens is 1. The highest BCUT2D eigenvalue weighted by Crippen LogP contribution is 2.04. The summed E-state index contributed by atoms with van der Waals surface area (Å²) in [5.74, 6) is 0. The summed E-state index contributed by atoms with van der Waals surface area (Å²) >= 11 is 0. The smallest absolute Gasteiger partial charge is 0.283 e. The SMILES string of the molecule is O=c1ccc(=O)n(O)c2ccccc12. The first-order valence-corrected chi connectivity index (χ1v) is 4.04. The molecule has 2 aromatic rings. The van der Waals surface area contributed by atoms with E-state index < -0.39 is 5.56 Å². The average molecular weight is 189 g/mol. The Balaban J connectivity index is 3.20. The molecule has 0 aliphatic carbocycles. The molecule has 0 amide bonds. The Morgan fingerprint density at radius 3 is 2.50 bits per heavy atom. The number of para-hydroxylation sites is 1. The molecule has 0 bridgehead atoms. The van der Waals surface area contributed by atoms with Crippen LogP contribution in [-0.2, 0) is 0 Å². The van der Waals surface area contributed by atoms with Crippen molar-refractivity contribution in [3.63, 3.8) is 0 Å². The van der Waals surface area contributed by atoms with Crippen LogP contribution in [0, 0.1) is 0 Å². The normalized spacial score (nSPS) is 10.3. The van der Waals surface area contributed by atoms with Gasteiger partial charge in [-0.2, -0.15) is 0 Å². The van der Waals surface area contributed by atoms with Gasteiger partial charge >= 0.3 is 0 Å². The van der Waals surface area contributed by atoms with Gasteiger partial charge in [0, 0.05) is 11.5 Å². The first-order chi connectivity index (χ1) is 6.70. The van der Waals surface area contributed by atoms with Crippen LogP contribution in [0.25, 0.3) is 10.9 Å². The number of rotatable bonds is 0. The molecule has 14 heavy (non-hydrogen) atoms. The molecule has 2 rings (SSSR count). The topological polar surface area (TPSA) is 59.3 Å². The minimum absolute atomic E-state index is 0.215. The Bertz CT molecular complexity index is 601. The van der Waals surface area contributed by atoms with Gasteiger partial charge in [-0.1, -0.05) is 12.1 Å². The molecular formula is C10H7NO3. The molecular weight excluding hydrogens is 182 g/mol. The van der Waals surface area contributed by atoms with Crippen molar-refractivity contribution in [1.29, 1.82) is 0 Å². The first kappa shape index (κ1) is 8.50. The van der Waals surface area contributed by atoms with Crippen LogP contribution < -0.4 is 11.0 Å². The monoisotopic (exact) mass is 189 g/mol. The number of nitrogens with zero attached hydrogens (tertiary/aromatic N) is 1. The fourth-order valence-electron chi connectivity index (χ4n) is 1.29. The molecule has 0 aliphatic heterocycles. The third-order valence-electron chi connectivity index (χ3n) is 1.98. The van der Waals surface area contributed by atoms with E-state index in [1.165, 1.54) is 6.07 Å². The predicted octanol–water partition coefficient (Wildman–Crippen LogP) is 0.599. The predicted molar refractivity (Wildman–Crippen MR) is 51.7 cm³/mol. The van der Waals surface area contributed by atoms with Gasteiger partial charge in [-0.15, -0.1) is 4.73 Å². The van der Waals surface area contributed by atoms with E-state index >= 15 is 0 Å². The molecule has 0 aliphatic rings. The van der Waals surface area contributed by atoms with Crippen LogP contribution in [0.1, 0.15) is 0 Å². The number of fused-ring (bicyclic) bond motifs is 1. The van der Waals surface area contributed by atoms with Gasteiger partial charge in [0.25, 0.3) is 5.56 Å². The minimum Gasteiger partial charge on any atom is -0.425 e. The summed E-state index contributed by atoms with van der Waals surface area (Å²) in [4.78, 5) is 22.6. The van der Waals surface area contributed by atoms with Gasteiger partial charge in [-0.25, -0.2) is 0 Å². The molecule has 0 atom stereocenters. The van der Waals surface area contributed by atoms with E-state index in [1.54, 1.807) is 18.2 Å². The molecule has 0 saturated heterocycles. The molecule has 1 aromatic carbocycles. The van der Waals surface area contributed by atoms with Crippen molar-refractivity contribution >= 4 is 10.9 Å². The van der Waals surface area contributed by atoms with Crippen molar-refractivity contribution in [2.45, 2.75) is 0 Å². The average Bonchev–Trinajstić information content (AvgIpc) is 2.33. The zero-order chi connectivity index (χ0) is 10.1. The minimum atomic E-state index is -0.622. The van der Waals surface area contributed by atoms with Gasteiger partial charge in [-0.3, -0.25) is 9.59 Å². The number of hydrogen-bond acceptors (Lipinski definition) is 3. The van der Waals surface area contributed by atoms with E-state index in [4.69, 9.17) is 0 Å². The van der Waals surface area contributed by atoms with E-state index in [-0.39, 0.29) is 10.9 Å². The molecule has 1 aromatic heterocycles. The first-order valence-electron chi connectivity index (χ1n) is 4.04. The summed E-state index contributed by atoms with van der Waals surface area (Å²) in [6.07, 6.45) is 0. The second-order valence-corrected chi connectivity index (χ2v) is 2.86. The molecule has 0 fully saturated rings. The summed E-state index contributed by atoms with van der Waals surface area (Å²) in [6.45, 7) is 0. The Morgan fingerprint density at radius 1 is 1.00 bits per heavy atom. The fraction of sp³-hybridized carbons (Fsp3) is 0. The van der Waals surface area contributed by atoms with Crippen molar-refractivity contribution in [2.24, 2.45) is 0 Å². The van der Waals surface area contributed by atoms with Gasteiger partial charge < -0.3 is 5.21 Å². The summed E-state index contributed by atoms with van der Waals surface area (Å²) in [5.41, 5.74) is -0.693. The molecule has 1 N–H and O–H groups in total. The molecule has 4 nitrogen and oxygen atoms in total. The Labute approximate surface area is 78.6 Å². The van der Waals surface area contributed by atoms with Crippen LogP contribution in [0.4, 0.5) is 0 Å². The van der Waals surface area contributed by atoms with Crippen molar-refractivity contribution < 1.29 is 5.21 Å². The highest BCUT2D eigenvalue weighted by molar-refractivity contribution is 5.77. The highest BCUT2D eigenvalue weighted by atomic mass is 16.5. The largest absolute Gasteiger partial charge is 0.425 e. The van der Waals surface area contributed by atoms with Crippen LogP contribution in [0.5, 0.6) is 0 Å². The summed E-state index contributed by atoms with van der Waals surface area (Å²) in [6, 6.07) is 8.59. The van der Waals surface area contributed by atoms with Crippen molar-refractivity contribution in [2.75, 3.05) is 0 Å². The fourth-order valence-corrected chi connectivity index (χ4v) is 1.29. The maximum absolute atomic E-state index is 11.4. The van der Waals surface area contributed by atoms with Crippen LogP contribution >= 0.6 is 0 Å². The van der Waals surface area contributed by atoms with E-state index in [0.717, 1.165) is 12.1 Å². The van der Waals surface area contributed by atoms with Crippen molar-refractivity contribution in [3.8, 4) is 0 Å². The van der Waals surface area contributed by atoms with Crippen molar-refractivity contribution in [3.05, 3.63) is 57.0 Å². The summed E-state index contributed by atoms with van der Waals surface area (Å²) in [7, 11) is 0. The zero-order valence-corrected chi connectivity index (χ0v) is 7.18. The molecule has 1 heterocycles. The lowest BCUT2D eigenvalue weighted by Crippen LogP contribution is -2.13. The Morgan fingerprint density at radius 2 is 1.71 bits per heavy atom. The van der Waals surface area contributed by atoms with Crippen LogP contribution in [-0.4, -0.2) is 9.94 Å². The summed E-state index contributed by atoms with van der Waals surface area (Å²) in [5, 5.41) is 9.72. The lowest BCUT2D eigenvalue weighted by atomic mass is 10.2. The number of benzene rings is 1. The van der Waals surface area contributed by atoms with E-state index in [0.29, 0.717) is 10.1 Å².